The lowest BCUT2D eigenvalue weighted by Gasteiger charge is -2.30. The van der Waals surface area contributed by atoms with Crippen LogP contribution in [0.4, 0.5) is 0 Å². The van der Waals surface area contributed by atoms with Crippen LogP contribution in [0.5, 0.6) is 0 Å². The van der Waals surface area contributed by atoms with Gasteiger partial charge >= 0.3 is 0 Å². The molecular weight excluding hydrogens is 659 g/mol. The maximum atomic E-state index is 5.72. The lowest BCUT2D eigenvalue weighted by Crippen LogP contribution is -2.73. The van der Waals surface area contributed by atoms with E-state index in [-0.39, 0.29) is 5.41 Å². The van der Waals surface area contributed by atoms with E-state index in [1.807, 2.05) is 0 Å². The molecule has 0 unspecified atom stereocenters. The average molecular weight is 694 g/mol. The highest BCUT2D eigenvalue weighted by molar-refractivity contribution is 7.21. The van der Waals surface area contributed by atoms with Crippen molar-refractivity contribution in [1.29, 1.82) is 0 Å². The second-order valence-corrected chi connectivity index (χ2v) is 18.6. The van der Waals surface area contributed by atoms with E-state index in [0.717, 1.165) is 39.1 Å². The van der Waals surface area contributed by atoms with Crippen molar-refractivity contribution < 1.29 is 0 Å². The number of hydrogen-bond donors (Lipinski definition) is 0. The van der Waals surface area contributed by atoms with Crippen molar-refractivity contribution in [3.8, 4) is 39.5 Å². The molecule has 7 aromatic carbocycles. The molecule has 1 aliphatic heterocycles. The minimum Gasteiger partial charge on any atom is -0.293 e. The SMILES string of the molecule is CC1(C)c2ccccc2-c2c1ccc1c2c2ccccc2n1-c1nc(-c2ccccc2)nc2c1-c1ccccc1[Si]2(c1ccccc1)c1ccccc1. The molecule has 0 saturated heterocycles. The second-order valence-electron chi connectivity index (χ2n) is 14.9. The van der Waals surface area contributed by atoms with Gasteiger partial charge in [0.15, 0.2) is 5.82 Å². The van der Waals surface area contributed by atoms with E-state index in [4.69, 9.17) is 9.97 Å². The molecular formula is C49H35N3Si. The van der Waals surface area contributed by atoms with Gasteiger partial charge in [-0.3, -0.25) is 4.57 Å². The van der Waals surface area contributed by atoms with E-state index in [1.54, 1.807) is 0 Å². The number of para-hydroxylation sites is 1. The van der Waals surface area contributed by atoms with Crippen LogP contribution in [0.15, 0.2) is 176 Å². The summed E-state index contributed by atoms with van der Waals surface area (Å²) >= 11 is 0. The standard InChI is InChI=1S/C49H35N3Si/c1-49(2)38-27-15-12-24-35(38)43-39(49)30-31-41-44(43)36-25-13-16-28-40(36)52(41)47-45-37-26-14-17-29-42(37)53(33-20-8-4-9-21-33,34-22-10-5-11-23-34)48(45)51-46(50-47)32-18-6-3-7-19-32/h3-31H,1-2H3. The van der Waals surface area contributed by atoms with Crippen LogP contribution in [0.3, 0.4) is 0 Å². The lowest BCUT2D eigenvalue weighted by molar-refractivity contribution is 0.661. The van der Waals surface area contributed by atoms with Gasteiger partial charge in [0.2, 0.25) is 8.07 Å². The predicted molar refractivity (Wildman–Crippen MR) is 222 cm³/mol. The van der Waals surface area contributed by atoms with Crippen LogP contribution in [-0.4, -0.2) is 22.6 Å². The quantitative estimate of drug-likeness (QED) is 0.173. The Morgan fingerprint density at radius 2 is 1.09 bits per heavy atom. The van der Waals surface area contributed by atoms with Crippen LogP contribution in [0.2, 0.25) is 0 Å². The Balaban J connectivity index is 1.34. The van der Waals surface area contributed by atoms with Crippen molar-refractivity contribution in [3.63, 3.8) is 0 Å². The van der Waals surface area contributed by atoms with Crippen LogP contribution < -0.4 is 20.9 Å². The third-order valence-corrected chi connectivity index (χ3v) is 16.6. The van der Waals surface area contributed by atoms with Gasteiger partial charge in [-0.1, -0.05) is 178 Å². The third-order valence-electron chi connectivity index (χ3n) is 11.9. The predicted octanol–water partition coefficient (Wildman–Crippen LogP) is 8.90. The largest absolute Gasteiger partial charge is 0.293 e. The number of nitrogens with zero attached hydrogens (tertiary/aromatic N) is 3. The van der Waals surface area contributed by atoms with Crippen molar-refractivity contribution in [2.24, 2.45) is 0 Å². The van der Waals surface area contributed by atoms with E-state index in [1.165, 1.54) is 54.1 Å². The zero-order chi connectivity index (χ0) is 35.3. The summed E-state index contributed by atoms with van der Waals surface area (Å²) in [6.07, 6.45) is 0. The van der Waals surface area contributed by atoms with Gasteiger partial charge in [-0.05, 0) is 55.5 Å². The molecule has 0 N–H and O–H groups in total. The summed E-state index contributed by atoms with van der Waals surface area (Å²) in [7, 11) is -2.92. The Bertz CT molecular complexity index is 2870. The number of fused-ring (bicyclic) bond motifs is 10. The van der Waals surface area contributed by atoms with Crippen LogP contribution in [0, 0.1) is 0 Å². The Kier molecular flexibility index (Phi) is 6.32. The summed E-state index contributed by atoms with van der Waals surface area (Å²) in [4.78, 5) is 11.4. The lowest BCUT2D eigenvalue weighted by atomic mass is 9.82. The van der Waals surface area contributed by atoms with E-state index < -0.39 is 8.07 Å². The van der Waals surface area contributed by atoms with Gasteiger partial charge in [0.1, 0.15) is 5.82 Å². The molecule has 3 nitrogen and oxygen atoms in total. The third kappa shape index (κ3) is 3.99. The molecule has 0 radical (unpaired) electrons. The number of benzene rings is 7. The summed E-state index contributed by atoms with van der Waals surface area (Å²) in [5.41, 5.74) is 11.0. The molecule has 250 valence electrons. The van der Waals surface area contributed by atoms with Crippen molar-refractivity contribution >= 4 is 50.8 Å². The zero-order valence-electron chi connectivity index (χ0n) is 29.6. The summed E-state index contributed by atoms with van der Waals surface area (Å²) in [6.45, 7) is 4.72. The van der Waals surface area contributed by atoms with Gasteiger partial charge in [-0.25, -0.2) is 9.97 Å². The Labute approximate surface area is 309 Å². The normalized spacial score (nSPS) is 14.5. The Hall–Kier alpha value is -6.36. The van der Waals surface area contributed by atoms with Crippen LogP contribution >= 0.6 is 0 Å². The van der Waals surface area contributed by atoms with Gasteiger partial charge in [0, 0.05) is 27.3 Å². The fraction of sp³-hybridized carbons (Fsp3) is 0.0612. The minimum atomic E-state index is -2.92. The molecule has 53 heavy (non-hydrogen) atoms. The van der Waals surface area contributed by atoms with Gasteiger partial charge in [0.25, 0.3) is 0 Å². The molecule has 0 saturated carbocycles. The second kappa shape index (κ2) is 11.1. The van der Waals surface area contributed by atoms with Gasteiger partial charge in [0.05, 0.1) is 16.4 Å². The first-order chi connectivity index (χ1) is 26.1. The summed E-state index contributed by atoms with van der Waals surface area (Å²) in [6, 6.07) is 64.4. The first kappa shape index (κ1) is 30.3. The van der Waals surface area contributed by atoms with Crippen molar-refractivity contribution in [1.82, 2.24) is 14.5 Å². The Morgan fingerprint density at radius 1 is 0.491 bits per heavy atom. The molecule has 9 aromatic rings. The number of rotatable bonds is 4. The minimum absolute atomic E-state index is 0.102. The first-order valence-corrected chi connectivity index (χ1v) is 20.4. The smallest absolute Gasteiger partial charge is 0.203 e. The maximum absolute atomic E-state index is 5.72. The molecule has 0 fully saturated rings. The number of hydrogen-bond acceptors (Lipinski definition) is 2. The monoisotopic (exact) mass is 693 g/mol. The molecule has 2 aromatic heterocycles. The molecule has 0 bridgehead atoms. The van der Waals surface area contributed by atoms with E-state index in [2.05, 4.69) is 194 Å². The maximum Gasteiger partial charge on any atom is 0.203 e. The highest BCUT2D eigenvalue weighted by atomic mass is 28.3. The van der Waals surface area contributed by atoms with Crippen molar-refractivity contribution in [2.75, 3.05) is 0 Å². The van der Waals surface area contributed by atoms with E-state index in [0.29, 0.717) is 0 Å². The molecule has 0 spiro atoms. The summed E-state index contributed by atoms with van der Waals surface area (Å²) in [5, 5.41) is 7.65. The first-order valence-electron chi connectivity index (χ1n) is 18.4. The van der Waals surface area contributed by atoms with Crippen molar-refractivity contribution in [3.05, 3.63) is 187 Å². The molecule has 2 aliphatic rings. The molecule has 4 heteroatoms. The highest BCUT2D eigenvalue weighted by Gasteiger charge is 2.52. The molecule has 3 heterocycles. The van der Waals surface area contributed by atoms with Crippen LogP contribution in [0.25, 0.3) is 61.3 Å². The highest BCUT2D eigenvalue weighted by Crippen LogP contribution is 2.53. The van der Waals surface area contributed by atoms with E-state index >= 15 is 0 Å². The molecule has 0 amide bonds. The van der Waals surface area contributed by atoms with Gasteiger partial charge < -0.3 is 0 Å². The fourth-order valence-electron chi connectivity index (χ4n) is 9.61. The fourth-order valence-corrected chi connectivity index (χ4v) is 14.6. The molecule has 1 aliphatic carbocycles. The average Bonchev–Trinajstić information content (AvgIpc) is 3.80. The van der Waals surface area contributed by atoms with Gasteiger partial charge in [-0.2, -0.15) is 0 Å². The topological polar surface area (TPSA) is 30.7 Å². The molecule has 11 rings (SSSR count). The molecule has 0 atom stereocenters. The summed E-state index contributed by atoms with van der Waals surface area (Å²) < 4.78 is 2.45. The zero-order valence-corrected chi connectivity index (χ0v) is 30.6. The number of aromatic nitrogens is 3. The van der Waals surface area contributed by atoms with Gasteiger partial charge in [-0.15, -0.1) is 0 Å². The summed E-state index contributed by atoms with van der Waals surface area (Å²) in [5.74, 6) is 1.67. The van der Waals surface area contributed by atoms with E-state index in [9.17, 15) is 0 Å². The van der Waals surface area contributed by atoms with Crippen LogP contribution in [0.1, 0.15) is 25.0 Å². The van der Waals surface area contributed by atoms with Crippen LogP contribution in [-0.2, 0) is 5.41 Å². The Morgan fingerprint density at radius 3 is 1.83 bits per heavy atom. The van der Waals surface area contributed by atoms with Crippen molar-refractivity contribution in [2.45, 2.75) is 19.3 Å².